The van der Waals surface area contributed by atoms with Crippen molar-refractivity contribution in [3.63, 3.8) is 0 Å². The third-order valence-corrected chi connectivity index (χ3v) is 5.47. The summed E-state index contributed by atoms with van der Waals surface area (Å²) in [5, 5.41) is 0. The van der Waals surface area contributed by atoms with Gasteiger partial charge in [0.15, 0.2) is 0 Å². The van der Waals surface area contributed by atoms with E-state index in [1.165, 1.54) is 31.2 Å². The Balaban J connectivity index is 1.83. The van der Waals surface area contributed by atoms with E-state index in [-0.39, 0.29) is 11.8 Å². The standard InChI is InChI=1S/C23H29NO2/c1-3-4-5-6-9-19-12-13-20-18(16-25)14-17(15-22(20)24-19)21-10-7-8-11-23(21)26-2/h7-8,10-13,16-18H,3-6,9,14-15H2,1-2H3. The molecule has 3 rings (SSSR count). The maximum Gasteiger partial charge on any atom is 0.127 e. The monoisotopic (exact) mass is 351 g/mol. The molecule has 3 nitrogen and oxygen atoms in total. The van der Waals surface area contributed by atoms with Gasteiger partial charge in [-0.3, -0.25) is 4.98 Å². The molecule has 1 aromatic heterocycles. The molecular weight excluding hydrogens is 322 g/mol. The van der Waals surface area contributed by atoms with E-state index >= 15 is 0 Å². The van der Waals surface area contributed by atoms with Crippen LogP contribution in [0.2, 0.25) is 0 Å². The van der Waals surface area contributed by atoms with Crippen molar-refractivity contribution in [2.75, 3.05) is 7.11 Å². The van der Waals surface area contributed by atoms with E-state index in [2.05, 4.69) is 25.1 Å². The molecule has 0 saturated heterocycles. The van der Waals surface area contributed by atoms with Gasteiger partial charge in [0.25, 0.3) is 0 Å². The fraction of sp³-hybridized carbons (Fsp3) is 0.478. The van der Waals surface area contributed by atoms with Crippen molar-refractivity contribution in [1.29, 1.82) is 0 Å². The molecule has 0 bridgehead atoms. The van der Waals surface area contributed by atoms with E-state index in [0.717, 1.165) is 48.2 Å². The van der Waals surface area contributed by atoms with Crippen LogP contribution in [0.3, 0.4) is 0 Å². The van der Waals surface area contributed by atoms with Crippen LogP contribution in [0.4, 0.5) is 0 Å². The number of carbonyl (C=O) groups excluding carboxylic acids is 1. The van der Waals surface area contributed by atoms with Crippen LogP contribution in [0, 0.1) is 0 Å². The molecular formula is C23H29NO2. The van der Waals surface area contributed by atoms with Gasteiger partial charge >= 0.3 is 0 Å². The number of nitrogens with zero attached hydrogens (tertiary/aromatic N) is 1. The fourth-order valence-corrected chi connectivity index (χ4v) is 4.05. The van der Waals surface area contributed by atoms with Gasteiger partial charge in [-0.15, -0.1) is 0 Å². The fourth-order valence-electron chi connectivity index (χ4n) is 4.05. The van der Waals surface area contributed by atoms with Crippen LogP contribution in [0.15, 0.2) is 36.4 Å². The number of para-hydroxylation sites is 1. The Kier molecular flexibility index (Phi) is 6.43. The zero-order valence-electron chi connectivity index (χ0n) is 15.9. The lowest BCUT2D eigenvalue weighted by Crippen LogP contribution is -2.20. The smallest absolute Gasteiger partial charge is 0.127 e. The molecule has 1 heterocycles. The van der Waals surface area contributed by atoms with Crippen molar-refractivity contribution in [2.45, 2.75) is 63.7 Å². The Morgan fingerprint density at radius 2 is 1.96 bits per heavy atom. The number of carbonyl (C=O) groups is 1. The van der Waals surface area contributed by atoms with E-state index in [9.17, 15) is 4.79 Å². The number of benzene rings is 1. The van der Waals surface area contributed by atoms with Crippen LogP contribution in [0.5, 0.6) is 5.75 Å². The molecule has 0 radical (unpaired) electrons. The summed E-state index contributed by atoms with van der Waals surface area (Å²) < 4.78 is 5.55. The summed E-state index contributed by atoms with van der Waals surface area (Å²) in [6.45, 7) is 2.23. The highest BCUT2D eigenvalue weighted by Gasteiger charge is 2.30. The first-order valence-corrected chi connectivity index (χ1v) is 9.83. The molecule has 1 aliphatic rings. The summed E-state index contributed by atoms with van der Waals surface area (Å²) in [4.78, 5) is 16.7. The summed E-state index contributed by atoms with van der Waals surface area (Å²) in [5.74, 6) is 1.10. The Labute approximate surface area is 156 Å². The number of aromatic nitrogens is 1. The second-order valence-corrected chi connectivity index (χ2v) is 7.27. The lowest BCUT2D eigenvalue weighted by atomic mass is 9.76. The second-order valence-electron chi connectivity index (χ2n) is 7.27. The van der Waals surface area contributed by atoms with Gasteiger partial charge in [-0.2, -0.15) is 0 Å². The largest absolute Gasteiger partial charge is 0.496 e. The summed E-state index contributed by atoms with van der Waals surface area (Å²) in [6.07, 6.45) is 8.80. The van der Waals surface area contributed by atoms with Crippen LogP contribution in [0.25, 0.3) is 0 Å². The lowest BCUT2D eigenvalue weighted by molar-refractivity contribution is -0.109. The van der Waals surface area contributed by atoms with E-state index in [1.807, 2.05) is 18.2 Å². The number of fused-ring (bicyclic) bond motifs is 1. The zero-order chi connectivity index (χ0) is 18.4. The van der Waals surface area contributed by atoms with Gasteiger partial charge in [-0.25, -0.2) is 0 Å². The van der Waals surface area contributed by atoms with Gasteiger partial charge in [0.05, 0.1) is 7.11 Å². The van der Waals surface area contributed by atoms with Crippen molar-refractivity contribution in [3.05, 3.63) is 58.9 Å². The summed E-state index contributed by atoms with van der Waals surface area (Å²) in [6, 6.07) is 12.4. The SMILES string of the molecule is CCCCCCc1ccc2c(n1)CC(c1ccccc1OC)CC2C=O. The molecule has 0 N–H and O–H groups in total. The minimum Gasteiger partial charge on any atom is -0.496 e. The first kappa shape index (κ1) is 18.6. The number of pyridine rings is 1. The summed E-state index contributed by atoms with van der Waals surface area (Å²) in [5.41, 5.74) is 4.55. The number of aryl methyl sites for hydroxylation is 1. The second kappa shape index (κ2) is 8.98. The number of unbranched alkanes of at least 4 members (excludes halogenated alkanes) is 3. The van der Waals surface area contributed by atoms with Gasteiger partial charge < -0.3 is 9.53 Å². The highest BCUT2D eigenvalue weighted by Crippen LogP contribution is 2.41. The molecule has 0 fully saturated rings. The van der Waals surface area contributed by atoms with E-state index in [1.54, 1.807) is 7.11 Å². The Morgan fingerprint density at radius 3 is 2.73 bits per heavy atom. The van der Waals surface area contributed by atoms with E-state index < -0.39 is 0 Å². The van der Waals surface area contributed by atoms with Crippen molar-refractivity contribution in [2.24, 2.45) is 0 Å². The van der Waals surface area contributed by atoms with Crippen LogP contribution in [0.1, 0.15) is 73.4 Å². The molecule has 1 aromatic carbocycles. The first-order valence-electron chi connectivity index (χ1n) is 9.83. The highest BCUT2D eigenvalue weighted by molar-refractivity contribution is 5.64. The van der Waals surface area contributed by atoms with Crippen molar-refractivity contribution < 1.29 is 9.53 Å². The number of aldehydes is 1. The van der Waals surface area contributed by atoms with Crippen molar-refractivity contribution >= 4 is 6.29 Å². The number of hydrogen-bond acceptors (Lipinski definition) is 3. The van der Waals surface area contributed by atoms with Gasteiger partial charge in [0.1, 0.15) is 12.0 Å². The molecule has 3 heteroatoms. The maximum atomic E-state index is 11.7. The molecule has 1 aliphatic carbocycles. The molecule has 0 aliphatic heterocycles. The zero-order valence-corrected chi connectivity index (χ0v) is 15.9. The predicted octanol–water partition coefficient (Wildman–Crippen LogP) is 5.23. The average molecular weight is 351 g/mol. The van der Waals surface area contributed by atoms with Gasteiger partial charge in [-0.1, -0.05) is 50.5 Å². The third-order valence-electron chi connectivity index (χ3n) is 5.47. The molecule has 2 aromatic rings. The Hall–Kier alpha value is -2.16. The van der Waals surface area contributed by atoms with Crippen LogP contribution >= 0.6 is 0 Å². The van der Waals surface area contributed by atoms with Gasteiger partial charge in [0, 0.05) is 17.3 Å². The quantitative estimate of drug-likeness (QED) is 0.483. The minimum absolute atomic E-state index is 0.0738. The Bertz CT molecular complexity index is 741. The average Bonchev–Trinajstić information content (AvgIpc) is 2.70. The maximum absolute atomic E-state index is 11.7. The van der Waals surface area contributed by atoms with Crippen molar-refractivity contribution in [3.8, 4) is 5.75 Å². The van der Waals surface area contributed by atoms with Gasteiger partial charge in [-0.05, 0) is 54.9 Å². The molecule has 0 spiro atoms. The van der Waals surface area contributed by atoms with Crippen LogP contribution < -0.4 is 4.74 Å². The van der Waals surface area contributed by atoms with Gasteiger partial charge in [0.2, 0.25) is 0 Å². The molecule has 26 heavy (non-hydrogen) atoms. The molecule has 0 amide bonds. The highest BCUT2D eigenvalue weighted by atomic mass is 16.5. The topological polar surface area (TPSA) is 39.2 Å². The number of ether oxygens (including phenoxy) is 1. The minimum atomic E-state index is -0.0738. The Morgan fingerprint density at radius 1 is 1.12 bits per heavy atom. The third kappa shape index (κ3) is 4.14. The lowest BCUT2D eigenvalue weighted by Gasteiger charge is -2.29. The van der Waals surface area contributed by atoms with E-state index in [0.29, 0.717) is 0 Å². The summed E-state index contributed by atoms with van der Waals surface area (Å²) in [7, 11) is 1.71. The normalized spacial score (nSPS) is 19.0. The van der Waals surface area contributed by atoms with Crippen LogP contribution in [-0.4, -0.2) is 18.4 Å². The molecule has 2 atom stereocenters. The number of hydrogen-bond donors (Lipinski definition) is 0. The van der Waals surface area contributed by atoms with E-state index in [4.69, 9.17) is 9.72 Å². The molecule has 138 valence electrons. The first-order chi connectivity index (χ1) is 12.8. The summed E-state index contributed by atoms with van der Waals surface area (Å²) >= 11 is 0. The number of rotatable bonds is 8. The molecule has 2 unspecified atom stereocenters. The predicted molar refractivity (Wildman–Crippen MR) is 105 cm³/mol. The van der Waals surface area contributed by atoms with Crippen molar-refractivity contribution in [1.82, 2.24) is 4.98 Å². The molecule has 0 saturated carbocycles. The van der Waals surface area contributed by atoms with Crippen LogP contribution in [-0.2, 0) is 17.6 Å². The number of methoxy groups -OCH3 is 1.